The van der Waals surface area contributed by atoms with E-state index in [0.29, 0.717) is 18.7 Å². The summed E-state index contributed by atoms with van der Waals surface area (Å²) < 4.78 is 4.91. The van der Waals surface area contributed by atoms with Crippen molar-refractivity contribution in [3.8, 4) is 0 Å². The smallest absolute Gasteiger partial charge is 0.251 e. The zero-order valence-corrected chi connectivity index (χ0v) is 15.5. The van der Waals surface area contributed by atoms with Crippen LogP contribution in [0.15, 0.2) is 48.5 Å². The van der Waals surface area contributed by atoms with E-state index in [0.717, 1.165) is 30.8 Å². The molecule has 0 radical (unpaired) electrons. The Hall–Kier alpha value is -2.86. The minimum absolute atomic E-state index is 0.0449. The summed E-state index contributed by atoms with van der Waals surface area (Å²) in [5, 5.41) is 5.92. The fraction of sp³-hybridized carbons (Fsp3) is 0.333. The summed E-state index contributed by atoms with van der Waals surface area (Å²) in [4.78, 5) is 26.5. The summed E-state index contributed by atoms with van der Waals surface area (Å²) in [6.45, 7) is 1.92. The van der Waals surface area contributed by atoms with E-state index >= 15 is 0 Å². The Bertz CT molecular complexity index is 790. The van der Waals surface area contributed by atoms with Crippen molar-refractivity contribution in [2.45, 2.75) is 12.8 Å². The summed E-state index contributed by atoms with van der Waals surface area (Å²) in [6, 6.07) is 15.2. The molecule has 0 aromatic heterocycles. The first kappa shape index (κ1) is 18.9. The third-order valence-corrected chi connectivity index (χ3v) is 4.59. The van der Waals surface area contributed by atoms with E-state index < -0.39 is 0 Å². The van der Waals surface area contributed by atoms with E-state index in [9.17, 15) is 9.59 Å². The highest BCUT2D eigenvalue weighted by Gasteiger charge is 2.21. The van der Waals surface area contributed by atoms with Crippen LogP contribution in [-0.4, -0.2) is 45.2 Å². The van der Waals surface area contributed by atoms with Gasteiger partial charge in [-0.1, -0.05) is 18.2 Å². The number of amides is 2. The van der Waals surface area contributed by atoms with Crippen molar-refractivity contribution >= 4 is 23.2 Å². The third kappa shape index (κ3) is 4.86. The van der Waals surface area contributed by atoms with Crippen molar-refractivity contribution < 1.29 is 14.3 Å². The number of methoxy groups -OCH3 is 1. The van der Waals surface area contributed by atoms with Gasteiger partial charge in [0.05, 0.1) is 13.2 Å². The number of benzene rings is 2. The molecule has 1 aliphatic rings. The zero-order valence-electron chi connectivity index (χ0n) is 15.5. The number of hydrogen-bond acceptors (Lipinski definition) is 4. The fourth-order valence-corrected chi connectivity index (χ4v) is 3.17. The number of ether oxygens (including phenoxy) is 1. The molecule has 0 aliphatic carbocycles. The first-order valence-corrected chi connectivity index (χ1v) is 9.18. The second-order valence-corrected chi connectivity index (χ2v) is 6.46. The number of carbonyl (C=O) groups is 2. The van der Waals surface area contributed by atoms with Crippen LogP contribution in [0.25, 0.3) is 0 Å². The molecule has 1 aliphatic heterocycles. The van der Waals surface area contributed by atoms with Gasteiger partial charge in [0, 0.05) is 37.1 Å². The third-order valence-electron chi connectivity index (χ3n) is 4.59. The molecule has 0 saturated heterocycles. The summed E-state index contributed by atoms with van der Waals surface area (Å²) >= 11 is 0. The molecule has 0 unspecified atom stereocenters. The SMILES string of the molecule is COCCNC(=O)c1ccc(NCC(=O)N2CCCc3ccccc32)cc1. The van der Waals surface area contributed by atoms with Gasteiger partial charge in [-0.05, 0) is 48.7 Å². The van der Waals surface area contributed by atoms with Crippen LogP contribution in [0.5, 0.6) is 0 Å². The second kappa shape index (κ2) is 9.19. The van der Waals surface area contributed by atoms with Crippen LogP contribution in [0.1, 0.15) is 22.3 Å². The van der Waals surface area contributed by atoms with Crippen molar-refractivity contribution in [2.24, 2.45) is 0 Å². The van der Waals surface area contributed by atoms with Gasteiger partial charge in [-0.2, -0.15) is 0 Å². The van der Waals surface area contributed by atoms with Gasteiger partial charge in [0.1, 0.15) is 0 Å². The number of aryl methyl sites for hydroxylation is 1. The van der Waals surface area contributed by atoms with E-state index in [2.05, 4.69) is 16.7 Å². The molecule has 0 atom stereocenters. The number of anilines is 2. The molecule has 142 valence electrons. The molecule has 0 saturated carbocycles. The Morgan fingerprint density at radius 1 is 1.11 bits per heavy atom. The molecule has 2 aromatic carbocycles. The van der Waals surface area contributed by atoms with Gasteiger partial charge in [0.15, 0.2) is 0 Å². The lowest BCUT2D eigenvalue weighted by Crippen LogP contribution is -2.39. The average Bonchev–Trinajstić information content (AvgIpc) is 2.72. The largest absolute Gasteiger partial charge is 0.383 e. The van der Waals surface area contributed by atoms with Crippen molar-refractivity contribution in [1.82, 2.24) is 5.32 Å². The van der Waals surface area contributed by atoms with Crippen molar-refractivity contribution in [1.29, 1.82) is 0 Å². The van der Waals surface area contributed by atoms with Gasteiger partial charge in [0.25, 0.3) is 5.91 Å². The van der Waals surface area contributed by atoms with Gasteiger partial charge in [0.2, 0.25) is 5.91 Å². The minimum Gasteiger partial charge on any atom is -0.383 e. The Morgan fingerprint density at radius 3 is 2.67 bits per heavy atom. The first-order valence-electron chi connectivity index (χ1n) is 9.18. The summed E-state index contributed by atoms with van der Waals surface area (Å²) in [7, 11) is 1.59. The monoisotopic (exact) mass is 367 g/mol. The quantitative estimate of drug-likeness (QED) is 0.738. The number of hydrogen-bond donors (Lipinski definition) is 2. The Kier molecular flexibility index (Phi) is 6.44. The zero-order chi connectivity index (χ0) is 19.1. The molecule has 0 bridgehead atoms. The Balaban J connectivity index is 1.54. The lowest BCUT2D eigenvalue weighted by molar-refractivity contribution is -0.117. The molecule has 1 heterocycles. The molecule has 2 N–H and O–H groups in total. The van der Waals surface area contributed by atoms with Crippen molar-refractivity contribution in [3.05, 3.63) is 59.7 Å². The lowest BCUT2D eigenvalue weighted by Gasteiger charge is -2.29. The van der Waals surface area contributed by atoms with Gasteiger partial charge >= 0.3 is 0 Å². The number of rotatable bonds is 7. The summed E-state index contributed by atoms with van der Waals surface area (Å²) in [5.74, 6) is -0.0943. The maximum Gasteiger partial charge on any atom is 0.251 e. The number of fused-ring (bicyclic) bond motifs is 1. The Labute approximate surface area is 159 Å². The number of nitrogens with one attached hydrogen (secondary N) is 2. The average molecular weight is 367 g/mol. The summed E-state index contributed by atoms with van der Waals surface area (Å²) in [6.07, 6.45) is 2.00. The highest BCUT2D eigenvalue weighted by atomic mass is 16.5. The maximum atomic E-state index is 12.6. The van der Waals surface area contributed by atoms with E-state index in [-0.39, 0.29) is 18.4 Å². The molecular weight excluding hydrogens is 342 g/mol. The molecule has 2 aromatic rings. The van der Waals surface area contributed by atoms with E-state index in [1.54, 1.807) is 19.2 Å². The predicted molar refractivity (Wildman–Crippen MR) is 106 cm³/mol. The fourth-order valence-electron chi connectivity index (χ4n) is 3.17. The number of carbonyl (C=O) groups excluding carboxylic acids is 2. The van der Waals surface area contributed by atoms with Crippen LogP contribution < -0.4 is 15.5 Å². The van der Waals surface area contributed by atoms with E-state index in [4.69, 9.17) is 4.74 Å². The molecular formula is C21H25N3O3. The Morgan fingerprint density at radius 2 is 1.89 bits per heavy atom. The van der Waals surface area contributed by atoms with Gasteiger partial charge in [-0.15, -0.1) is 0 Å². The molecule has 3 rings (SSSR count). The van der Waals surface area contributed by atoms with Crippen molar-refractivity contribution in [2.75, 3.05) is 43.6 Å². The summed E-state index contributed by atoms with van der Waals surface area (Å²) in [5.41, 5.74) is 3.62. The topological polar surface area (TPSA) is 70.7 Å². The van der Waals surface area contributed by atoms with Gasteiger partial charge in [-0.3, -0.25) is 9.59 Å². The van der Waals surface area contributed by atoms with Crippen LogP contribution in [0.2, 0.25) is 0 Å². The highest BCUT2D eigenvalue weighted by Crippen LogP contribution is 2.26. The van der Waals surface area contributed by atoms with Crippen LogP contribution in [0, 0.1) is 0 Å². The normalized spacial score (nSPS) is 13.0. The van der Waals surface area contributed by atoms with Crippen LogP contribution in [0.3, 0.4) is 0 Å². The molecule has 6 nitrogen and oxygen atoms in total. The standard InChI is InChI=1S/C21H25N3O3/c1-27-14-12-22-21(26)17-8-10-18(11-9-17)23-15-20(25)24-13-4-6-16-5-2-3-7-19(16)24/h2-3,5,7-11,23H,4,6,12-15H2,1H3,(H,22,26). The second-order valence-electron chi connectivity index (χ2n) is 6.46. The molecule has 0 fully saturated rings. The van der Waals surface area contributed by atoms with Crippen LogP contribution in [0.4, 0.5) is 11.4 Å². The minimum atomic E-state index is -0.139. The van der Waals surface area contributed by atoms with Gasteiger partial charge in [-0.25, -0.2) is 0 Å². The first-order chi connectivity index (χ1) is 13.2. The van der Waals surface area contributed by atoms with E-state index in [1.165, 1.54) is 5.56 Å². The molecule has 0 spiro atoms. The number of nitrogens with zero attached hydrogens (tertiary/aromatic N) is 1. The van der Waals surface area contributed by atoms with Crippen LogP contribution in [-0.2, 0) is 16.0 Å². The highest BCUT2D eigenvalue weighted by molar-refractivity contribution is 5.97. The van der Waals surface area contributed by atoms with Crippen molar-refractivity contribution in [3.63, 3.8) is 0 Å². The van der Waals surface area contributed by atoms with Crippen LogP contribution >= 0.6 is 0 Å². The molecule has 6 heteroatoms. The predicted octanol–water partition coefficient (Wildman–Crippen LogP) is 2.45. The lowest BCUT2D eigenvalue weighted by atomic mass is 10.0. The molecule has 27 heavy (non-hydrogen) atoms. The maximum absolute atomic E-state index is 12.6. The van der Waals surface area contributed by atoms with Gasteiger partial charge < -0.3 is 20.3 Å². The molecule has 2 amide bonds. The van der Waals surface area contributed by atoms with E-state index in [1.807, 2.05) is 35.2 Å². The number of para-hydroxylation sites is 1.